The van der Waals surface area contributed by atoms with Crippen molar-refractivity contribution in [3.8, 4) is 0 Å². The van der Waals surface area contributed by atoms with E-state index < -0.39 is 6.10 Å². The van der Waals surface area contributed by atoms with Crippen molar-refractivity contribution >= 4 is 22.5 Å². The topological polar surface area (TPSA) is 65.1 Å². The Morgan fingerprint density at radius 1 is 1.26 bits per heavy atom. The Bertz CT molecular complexity index is 849. The monoisotopic (exact) mass is 308 g/mol. The zero-order valence-electron chi connectivity index (χ0n) is 13.3. The average molecular weight is 308 g/mol. The summed E-state index contributed by atoms with van der Waals surface area (Å²) in [5.41, 5.74) is 4.56. The second-order valence-electron chi connectivity index (χ2n) is 5.85. The summed E-state index contributed by atoms with van der Waals surface area (Å²) in [6.07, 6.45) is 1.55. The molecule has 0 radical (unpaired) electrons. The smallest absolute Gasteiger partial charge is 0.228 e. The lowest BCUT2D eigenvalue weighted by Gasteiger charge is -2.12. The van der Waals surface area contributed by atoms with Gasteiger partial charge in [-0.05, 0) is 37.1 Å². The number of aryl methyl sites for hydroxylation is 1. The second-order valence-corrected chi connectivity index (χ2v) is 5.85. The first-order chi connectivity index (χ1) is 11.0. The van der Waals surface area contributed by atoms with Gasteiger partial charge in [0.15, 0.2) is 0 Å². The van der Waals surface area contributed by atoms with Crippen LogP contribution < -0.4 is 5.32 Å². The summed E-state index contributed by atoms with van der Waals surface area (Å²) >= 11 is 0. The summed E-state index contributed by atoms with van der Waals surface area (Å²) in [6, 6.07) is 13.5. The largest absolute Gasteiger partial charge is 0.389 e. The van der Waals surface area contributed by atoms with Gasteiger partial charge >= 0.3 is 0 Å². The van der Waals surface area contributed by atoms with Crippen molar-refractivity contribution in [2.75, 3.05) is 5.32 Å². The molecular weight excluding hydrogens is 288 g/mol. The molecule has 1 heterocycles. The van der Waals surface area contributed by atoms with Crippen LogP contribution in [0.1, 0.15) is 29.7 Å². The SMILES string of the molecule is Cc1ccc2c(CC(=O)Nc3ccccc3C(C)O)c[nH]c2c1. The molecule has 3 N–H and O–H groups in total. The van der Waals surface area contributed by atoms with Crippen molar-refractivity contribution in [1.29, 1.82) is 0 Å². The molecule has 0 bridgehead atoms. The third kappa shape index (κ3) is 3.27. The Morgan fingerprint density at radius 2 is 2.04 bits per heavy atom. The zero-order chi connectivity index (χ0) is 16.4. The Balaban J connectivity index is 1.79. The van der Waals surface area contributed by atoms with Gasteiger partial charge in [-0.25, -0.2) is 0 Å². The van der Waals surface area contributed by atoms with Crippen LogP contribution in [-0.2, 0) is 11.2 Å². The van der Waals surface area contributed by atoms with Gasteiger partial charge in [0.2, 0.25) is 5.91 Å². The van der Waals surface area contributed by atoms with Gasteiger partial charge in [-0.3, -0.25) is 4.79 Å². The van der Waals surface area contributed by atoms with Gasteiger partial charge in [-0.1, -0.05) is 30.3 Å². The number of carbonyl (C=O) groups excluding carboxylic acids is 1. The number of amides is 1. The first kappa shape index (κ1) is 15.3. The molecule has 4 nitrogen and oxygen atoms in total. The predicted octanol–water partition coefficient (Wildman–Crippen LogP) is 3.71. The fraction of sp³-hybridized carbons (Fsp3) is 0.211. The number of anilines is 1. The number of carbonyl (C=O) groups is 1. The van der Waals surface area contributed by atoms with Gasteiger partial charge < -0.3 is 15.4 Å². The number of rotatable bonds is 4. The fourth-order valence-electron chi connectivity index (χ4n) is 2.79. The molecule has 118 valence electrons. The lowest BCUT2D eigenvalue weighted by atomic mass is 10.1. The lowest BCUT2D eigenvalue weighted by molar-refractivity contribution is -0.115. The normalized spacial score (nSPS) is 12.3. The number of aromatic amines is 1. The van der Waals surface area contributed by atoms with Crippen LogP contribution >= 0.6 is 0 Å². The highest BCUT2D eigenvalue weighted by atomic mass is 16.3. The summed E-state index contributed by atoms with van der Waals surface area (Å²) in [4.78, 5) is 15.6. The van der Waals surface area contributed by atoms with E-state index in [2.05, 4.69) is 16.4 Å². The van der Waals surface area contributed by atoms with Gasteiger partial charge in [0.1, 0.15) is 0 Å². The maximum atomic E-state index is 12.4. The Morgan fingerprint density at radius 3 is 2.83 bits per heavy atom. The summed E-state index contributed by atoms with van der Waals surface area (Å²) in [6.45, 7) is 3.73. The number of fused-ring (bicyclic) bond motifs is 1. The number of benzene rings is 2. The van der Waals surface area contributed by atoms with E-state index in [0.717, 1.165) is 22.0 Å². The molecule has 3 rings (SSSR count). The molecule has 0 saturated heterocycles. The number of para-hydroxylation sites is 1. The molecule has 0 aliphatic carbocycles. The molecule has 0 spiro atoms. The molecule has 1 amide bonds. The summed E-state index contributed by atoms with van der Waals surface area (Å²) in [7, 11) is 0. The number of hydrogen-bond acceptors (Lipinski definition) is 2. The van der Waals surface area contributed by atoms with Crippen LogP contribution in [0.3, 0.4) is 0 Å². The van der Waals surface area contributed by atoms with Crippen LogP contribution in [0.2, 0.25) is 0 Å². The minimum atomic E-state index is -0.623. The van der Waals surface area contributed by atoms with E-state index in [1.807, 2.05) is 43.5 Å². The molecule has 1 unspecified atom stereocenters. The second kappa shape index (κ2) is 6.26. The van der Waals surface area contributed by atoms with Gasteiger partial charge in [-0.2, -0.15) is 0 Å². The quantitative estimate of drug-likeness (QED) is 0.688. The van der Waals surface area contributed by atoms with Gasteiger partial charge in [0.25, 0.3) is 0 Å². The standard InChI is InChI=1S/C19H20N2O2/c1-12-7-8-16-14(11-20-18(16)9-12)10-19(23)21-17-6-4-3-5-15(17)13(2)22/h3-9,11,13,20,22H,10H2,1-2H3,(H,21,23). The number of aliphatic hydroxyl groups is 1. The van der Waals surface area contributed by atoms with Crippen LogP contribution in [0, 0.1) is 6.92 Å². The molecule has 0 saturated carbocycles. The highest BCUT2D eigenvalue weighted by Crippen LogP contribution is 2.23. The molecule has 0 aliphatic heterocycles. The molecule has 0 fully saturated rings. The molecule has 3 aromatic rings. The molecule has 4 heteroatoms. The van der Waals surface area contributed by atoms with Gasteiger partial charge in [0.05, 0.1) is 12.5 Å². The fourth-order valence-corrected chi connectivity index (χ4v) is 2.79. The first-order valence-electron chi connectivity index (χ1n) is 7.68. The highest BCUT2D eigenvalue weighted by molar-refractivity contribution is 5.96. The number of hydrogen-bond donors (Lipinski definition) is 3. The van der Waals surface area contributed by atoms with Crippen LogP contribution in [0.4, 0.5) is 5.69 Å². The molecule has 2 aromatic carbocycles. The first-order valence-corrected chi connectivity index (χ1v) is 7.68. The maximum absolute atomic E-state index is 12.4. The summed E-state index contributed by atoms with van der Waals surface area (Å²) in [5.74, 6) is -0.0976. The van der Waals surface area contributed by atoms with E-state index in [9.17, 15) is 9.90 Å². The molecule has 0 aliphatic rings. The van der Waals surface area contributed by atoms with Crippen molar-refractivity contribution in [1.82, 2.24) is 4.98 Å². The van der Waals surface area contributed by atoms with Crippen molar-refractivity contribution < 1.29 is 9.90 Å². The van der Waals surface area contributed by atoms with E-state index in [0.29, 0.717) is 5.69 Å². The van der Waals surface area contributed by atoms with Crippen molar-refractivity contribution in [3.63, 3.8) is 0 Å². The minimum Gasteiger partial charge on any atom is -0.389 e. The van der Waals surface area contributed by atoms with E-state index in [1.54, 1.807) is 13.0 Å². The number of aliphatic hydroxyl groups excluding tert-OH is 1. The van der Waals surface area contributed by atoms with Gasteiger partial charge in [0, 0.05) is 28.4 Å². The number of aromatic nitrogens is 1. The number of nitrogens with one attached hydrogen (secondary N) is 2. The van der Waals surface area contributed by atoms with Crippen molar-refractivity contribution in [2.24, 2.45) is 0 Å². The van der Waals surface area contributed by atoms with Gasteiger partial charge in [-0.15, -0.1) is 0 Å². The predicted molar refractivity (Wildman–Crippen MR) is 92.4 cm³/mol. The maximum Gasteiger partial charge on any atom is 0.228 e. The Kier molecular flexibility index (Phi) is 4.17. The zero-order valence-corrected chi connectivity index (χ0v) is 13.3. The third-order valence-corrected chi connectivity index (χ3v) is 3.96. The molecule has 1 aromatic heterocycles. The van der Waals surface area contributed by atoms with Crippen LogP contribution in [0.15, 0.2) is 48.7 Å². The molecule has 23 heavy (non-hydrogen) atoms. The molecule has 1 atom stereocenters. The Hall–Kier alpha value is -2.59. The van der Waals surface area contributed by atoms with Crippen LogP contribution in [0.5, 0.6) is 0 Å². The van der Waals surface area contributed by atoms with E-state index >= 15 is 0 Å². The Labute approximate surface area is 135 Å². The van der Waals surface area contributed by atoms with Crippen LogP contribution in [0.25, 0.3) is 10.9 Å². The van der Waals surface area contributed by atoms with E-state index in [-0.39, 0.29) is 12.3 Å². The number of H-pyrrole nitrogens is 1. The summed E-state index contributed by atoms with van der Waals surface area (Å²) < 4.78 is 0. The third-order valence-electron chi connectivity index (χ3n) is 3.96. The average Bonchev–Trinajstić information content (AvgIpc) is 2.89. The van der Waals surface area contributed by atoms with Crippen molar-refractivity contribution in [2.45, 2.75) is 26.4 Å². The lowest BCUT2D eigenvalue weighted by Crippen LogP contribution is -2.16. The van der Waals surface area contributed by atoms with Crippen molar-refractivity contribution in [3.05, 3.63) is 65.4 Å². The highest BCUT2D eigenvalue weighted by Gasteiger charge is 2.12. The van der Waals surface area contributed by atoms with E-state index in [1.165, 1.54) is 5.56 Å². The molecular formula is C19H20N2O2. The minimum absolute atomic E-state index is 0.0976. The summed E-state index contributed by atoms with van der Waals surface area (Å²) in [5, 5.41) is 13.7. The van der Waals surface area contributed by atoms with Crippen LogP contribution in [-0.4, -0.2) is 16.0 Å². The van der Waals surface area contributed by atoms with E-state index in [4.69, 9.17) is 0 Å².